The molecule has 0 heterocycles. The Labute approximate surface area is 139 Å². The van der Waals surface area contributed by atoms with E-state index in [0.29, 0.717) is 35.9 Å². The van der Waals surface area contributed by atoms with Crippen LogP contribution in [0.2, 0.25) is 0 Å². The summed E-state index contributed by atoms with van der Waals surface area (Å²) in [6, 6.07) is 0. The van der Waals surface area contributed by atoms with Crippen molar-refractivity contribution in [2.75, 3.05) is 0 Å². The molecule has 0 aromatic heterocycles. The monoisotopic (exact) mass is 310 g/mol. The first-order valence-corrected chi connectivity index (χ1v) is 9.17. The first kappa shape index (κ1) is 15.2. The number of carbonyl (C=O) groups excluding carboxylic acids is 1. The van der Waals surface area contributed by atoms with Gasteiger partial charge in [-0.25, -0.2) is 0 Å². The summed E-state index contributed by atoms with van der Waals surface area (Å²) in [7, 11) is 0. The fourth-order valence-electron chi connectivity index (χ4n) is 6.38. The number of carbonyl (C=O) groups is 1. The van der Waals surface area contributed by atoms with Crippen molar-refractivity contribution in [2.45, 2.75) is 57.5 Å². The van der Waals surface area contributed by atoms with Crippen LogP contribution in [0.3, 0.4) is 0 Å². The van der Waals surface area contributed by atoms with Gasteiger partial charge < -0.3 is 5.11 Å². The van der Waals surface area contributed by atoms with Gasteiger partial charge in [-0.2, -0.15) is 0 Å². The molecule has 4 aliphatic rings. The highest BCUT2D eigenvalue weighted by Crippen LogP contribution is 2.63. The molecule has 0 aliphatic heterocycles. The molecule has 1 N–H and O–H groups in total. The van der Waals surface area contributed by atoms with Crippen molar-refractivity contribution in [3.8, 4) is 12.3 Å². The van der Waals surface area contributed by atoms with Crippen LogP contribution in [0.4, 0.5) is 0 Å². The van der Waals surface area contributed by atoms with Gasteiger partial charge in [-0.3, -0.25) is 4.79 Å². The minimum absolute atomic E-state index is 0.172. The number of terminal acetylenes is 1. The van der Waals surface area contributed by atoms with E-state index in [9.17, 15) is 9.90 Å². The molecule has 0 unspecified atom stereocenters. The highest BCUT2D eigenvalue weighted by molar-refractivity contribution is 5.91. The summed E-state index contributed by atoms with van der Waals surface area (Å²) < 4.78 is 0. The third-order valence-corrected chi connectivity index (χ3v) is 7.54. The van der Waals surface area contributed by atoms with Gasteiger partial charge in [-0.05, 0) is 74.3 Å². The fourth-order valence-corrected chi connectivity index (χ4v) is 6.38. The normalized spacial score (nSPS) is 48.0. The molecule has 0 amide bonds. The lowest BCUT2D eigenvalue weighted by Gasteiger charge is -2.55. The Balaban J connectivity index is 1.69. The molecular weight excluding hydrogens is 284 g/mol. The predicted octanol–water partition coefficient (Wildman–Crippen LogP) is 3.66. The molecule has 4 rings (SSSR count). The first-order valence-electron chi connectivity index (χ1n) is 9.17. The molecule has 6 atom stereocenters. The molecule has 2 saturated carbocycles. The van der Waals surface area contributed by atoms with Crippen LogP contribution in [0.5, 0.6) is 0 Å². The van der Waals surface area contributed by atoms with Crippen molar-refractivity contribution in [1.29, 1.82) is 0 Å². The zero-order valence-corrected chi connectivity index (χ0v) is 13.9. The lowest BCUT2D eigenvalue weighted by molar-refractivity contribution is -0.116. The maximum absolute atomic E-state index is 11.7. The SMILES string of the molecule is C#C[C@]1(O)C=C[C@@H]2[C@@H]3CCC4=CC(=O)CC[C@@H]4[C@@H]3CC[C@@]21CC. The van der Waals surface area contributed by atoms with E-state index in [1.54, 1.807) is 0 Å². The molecule has 0 aromatic rings. The van der Waals surface area contributed by atoms with Crippen molar-refractivity contribution >= 4 is 5.78 Å². The Morgan fingerprint density at radius 1 is 1.30 bits per heavy atom. The molecule has 2 heteroatoms. The third kappa shape index (κ3) is 1.89. The number of hydrogen-bond donors (Lipinski definition) is 1. The van der Waals surface area contributed by atoms with E-state index in [1.807, 2.05) is 12.2 Å². The second-order valence-electron chi connectivity index (χ2n) is 8.04. The van der Waals surface area contributed by atoms with Crippen LogP contribution in [0, 0.1) is 41.4 Å². The smallest absolute Gasteiger partial charge is 0.155 e. The third-order valence-electron chi connectivity index (χ3n) is 7.54. The molecular formula is C21H26O2. The highest BCUT2D eigenvalue weighted by Gasteiger charge is 2.61. The maximum Gasteiger partial charge on any atom is 0.155 e. The summed E-state index contributed by atoms with van der Waals surface area (Å²) in [6.07, 6.45) is 18.8. The van der Waals surface area contributed by atoms with Crippen LogP contribution < -0.4 is 0 Å². The fraction of sp³-hybridized carbons (Fsp3) is 0.667. The lowest BCUT2D eigenvalue weighted by Crippen LogP contribution is -2.54. The van der Waals surface area contributed by atoms with Gasteiger partial charge in [-0.1, -0.05) is 24.5 Å². The zero-order valence-electron chi connectivity index (χ0n) is 13.9. The number of aliphatic hydroxyl groups is 1. The van der Waals surface area contributed by atoms with Gasteiger partial charge in [-0.15, -0.1) is 6.42 Å². The number of rotatable bonds is 1. The summed E-state index contributed by atoms with van der Waals surface area (Å²) in [6.45, 7) is 2.18. The number of hydrogen-bond acceptors (Lipinski definition) is 2. The van der Waals surface area contributed by atoms with Crippen LogP contribution >= 0.6 is 0 Å². The summed E-state index contributed by atoms with van der Waals surface area (Å²) in [5.74, 6) is 5.28. The summed E-state index contributed by atoms with van der Waals surface area (Å²) in [4.78, 5) is 11.7. The largest absolute Gasteiger partial charge is 0.373 e. The highest BCUT2D eigenvalue weighted by atomic mass is 16.3. The maximum atomic E-state index is 11.7. The summed E-state index contributed by atoms with van der Waals surface area (Å²) >= 11 is 0. The van der Waals surface area contributed by atoms with Crippen molar-refractivity contribution in [1.82, 2.24) is 0 Å². The van der Waals surface area contributed by atoms with Crippen LogP contribution in [0.25, 0.3) is 0 Å². The number of allylic oxidation sites excluding steroid dienone is 3. The van der Waals surface area contributed by atoms with Gasteiger partial charge in [0.1, 0.15) is 5.60 Å². The average Bonchev–Trinajstić information content (AvgIpc) is 2.88. The van der Waals surface area contributed by atoms with E-state index in [-0.39, 0.29) is 5.41 Å². The van der Waals surface area contributed by atoms with Gasteiger partial charge in [0.15, 0.2) is 5.78 Å². The van der Waals surface area contributed by atoms with E-state index in [4.69, 9.17) is 6.42 Å². The van der Waals surface area contributed by atoms with Gasteiger partial charge in [0, 0.05) is 11.8 Å². The first-order chi connectivity index (χ1) is 11.0. The van der Waals surface area contributed by atoms with Gasteiger partial charge in [0.25, 0.3) is 0 Å². The van der Waals surface area contributed by atoms with E-state index in [0.717, 1.165) is 38.5 Å². The van der Waals surface area contributed by atoms with Gasteiger partial charge in [0.2, 0.25) is 0 Å². The van der Waals surface area contributed by atoms with Crippen LogP contribution in [0.1, 0.15) is 51.9 Å². The summed E-state index contributed by atoms with van der Waals surface area (Å²) in [5, 5.41) is 11.0. The molecule has 4 aliphatic carbocycles. The molecule has 23 heavy (non-hydrogen) atoms. The number of ketones is 1. The quantitative estimate of drug-likeness (QED) is 0.593. The molecule has 2 nitrogen and oxygen atoms in total. The Kier molecular flexibility index (Phi) is 3.36. The molecule has 2 fully saturated rings. The van der Waals surface area contributed by atoms with Crippen molar-refractivity contribution in [3.05, 3.63) is 23.8 Å². The van der Waals surface area contributed by atoms with E-state index in [2.05, 4.69) is 18.9 Å². The van der Waals surface area contributed by atoms with Crippen molar-refractivity contribution in [3.63, 3.8) is 0 Å². The van der Waals surface area contributed by atoms with Crippen molar-refractivity contribution in [2.24, 2.45) is 29.1 Å². The van der Waals surface area contributed by atoms with Crippen LogP contribution in [-0.4, -0.2) is 16.5 Å². The molecule has 122 valence electrons. The van der Waals surface area contributed by atoms with E-state index < -0.39 is 5.60 Å². The van der Waals surface area contributed by atoms with Gasteiger partial charge >= 0.3 is 0 Å². The van der Waals surface area contributed by atoms with Gasteiger partial charge in [0.05, 0.1) is 0 Å². The standard InChI is InChI=1S/C21H26O2/c1-3-20-11-9-17-16-8-6-15(22)13-14(16)5-7-18(17)19(20)10-12-21(20,23)4-2/h2,10,12-13,16-19,23H,3,5-9,11H2,1H3/t16-,17-,18+,19+,20-,21-/m0/s1. The Bertz CT molecular complexity index is 637. The topological polar surface area (TPSA) is 37.3 Å². The van der Waals surface area contributed by atoms with Crippen LogP contribution in [-0.2, 0) is 4.79 Å². The van der Waals surface area contributed by atoms with Crippen molar-refractivity contribution < 1.29 is 9.90 Å². The average molecular weight is 310 g/mol. The Morgan fingerprint density at radius 2 is 2.13 bits per heavy atom. The number of fused-ring (bicyclic) bond motifs is 5. The molecule has 0 radical (unpaired) electrons. The molecule has 0 saturated heterocycles. The molecule has 0 aromatic carbocycles. The van der Waals surface area contributed by atoms with E-state index >= 15 is 0 Å². The minimum atomic E-state index is -1.07. The Morgan fingerprint density at radius 3 is 2.87 bits per heavy atom. The van der Waals surface area contributed by atoms with E-state index in [1.165, 1.54) is 5.57 Å². The molecule has 0 spiro atoms. The summed E-state index contributed by atoms with van der Waals surface area (Å²) in [5.41, 5.74) is 0.158. The minimum Gasteiger partial charge on any atom is -0.373 e. The lowest BCUT2D eigenvalue weighted by atomic mass is 9.49. The second-order valence-corrected chi connectivity index (χ2v) is 8.04. The zero-order chi connectivity index (χ0) is 16.2. The molecule has 0 bridgehead atoms. The Hall–Kier alpha value is -1.33. The van der Waals surface area contributed by atoms with Crippen LogP contribution in [0.15, 0.2) is 23.8 Å². The second kappa shape index (κ2) is 5.08. The predicted molar refractivity (Wildman–Crippen MR) is 90.4 cm³/mol.